The number of rotatable bonds is 5. The Hall–Kier alpha value is -1.27. The number of carbonyl (C=O) groups is 1. The van der Waals surface area contributed by atoms with E-state index in [2.05, 4.69) is 21.2 Å². The van der Waals surface area contributed by atoms with E-state index in [4.69, 9.17) is 14.6 Å². The third-order valence-corrected chi connectivity index (χ3v) is 4.19. The summed E-state index contributed by atoms with van der Waals surface area (Å²) in [6.45, 7) is 4.40. The third kappa shape index (κ3) is 3.68. The van der Waals surface area contributed by atoms with E-state index >= 15 is 0 Å². The first-order valence-corrected chi connectivity index (χ1v) is 7.72. The zero-order valence-corrected chi connectivity index (χ0v) is 13.9. The highest BCUT2D eigenvalue weighted by Gasteiger charge is 2.31. The third-order valence-electron chi connectivity index (χ3n) is 3.50. The second kappa shape index (κ2) is 6.66. The molecule has 2 atom stereocenters. The molecular weight excluding hydrogens is 338 g/mol. The van der Waals surface area contributed by atoms with Crippen LogP contribution in [0.3, 0.4) is 0 Å². The largest absolute Gasteiger partial charge is 0.493 e. The number of methoxy groups -OCH3 is 1. The Kier molecular flexibility index (Phi) is 5.11. The summed E-state index contributed by atoms with van der Waals surface area (Å²) in [5, 5.41) is 12.3. The molecule has 0 aromatic heterocycles. The SMILES string of the molecule is COc1cc(C2CC(C(=O)O)CN2)c(Br)cc1OC(C)C. The van der Waals surface area contributed by atoms with E-state index in [1.165, 1.54) is 0 Å². The molecule has 1 aliphatic rings. The fourth-order valence-electron chi connectivity index (χ4n) is 2.48. The molecule has 1 saturated heterocycles. The molecule has 2 N–H and O–H groups in total. The van der Waals surface area contributed by atoms with Crippen LogP contribution in [-0.2, 0) is 4.79 Å². The van der Waals surface area contributed by atoms with Crippen LogP contribution in [0.15, 0.2) is 16.6 Å². The second-order valence-electron chi connectivity index (χ2n) is 5.42. The zero-order valence-electron chi connectivity index (χ0n) is 12.4. The Morgan fingerprint density at radius 1 is 1.43 bits per heavy atom. The van der Waals surface area contributed by atoms with Gasteiger partial charge in [-0.25, -0.2) is 0 Å². The van der Waals surface area contributed by atoms with Crippen LogP contribution in [0.4, 0.5) is 0 Å². The lowest BCUT2D eigenvalue weighted by Gasteiger charge is -2.19. The molecule has 0 radical (unpaired) electrons. The summed E-state index contributed by atoms with van der Waals surface area (Å²) in [5.41, 5.74) is 0.992. The minimum atomic E-state index is -0.757. The van der Waals surface area contributed by atoms with Crippen LogP contribution < -0.4 is 14.8 Å². The Morgan fingerprint density at radius 3 is 2.67 bits per heavy atom. The Balaban J connectivity index is 2.27. The molecular formula is C15H20BrNO4. The minimum absolute atomic E-state index is 0.00229. The van der Waals surface area contributed by atoms with Crippen LogP contribution in [0.1, 0.15) is 31.9 Å². The predicted octanol–water partition coefficient (Wildman–Crippen LogP) is 2.98. The molecule has 6 heteroatoms. The van der Waals surface area contributed by atoms with Gasteiger partial charge >= 0.3 is 5.97 Å². The van der Waals surface area contributed by atoms with Crippen molar-refractivity contribution in [3.63, 3.8) is 0 Å². The maximum Gasteiger partial charge on any atom is 0.307 e. The molecule has 116 valence electrons. The molecule has 2 rings (SSSR count). The van der Waals surface area contributed by atoms with E-state index in [0.29, 0.717) is 24.5 Å². The molecule has 0 saturated carbocycles. The smallest absolute Gasteiger partial charge is 0.307 e. The summed E-state index contributed by atoms with van der Waals surface area (Å²) < 4.78 is 12.0. The highest BCUT2D eigenvalue weighted by Crippen LogP contribution is 2.39. The van der Waals surface area contributed by atoms with Gasteiger partial charge < -0.3 is 19.9 Å². The molecule has 1 aromatic rings. The fourth-order valence-corrected chi connectivity index (χ4v) is 3.08. The highest BCUT2D eigenvalue weighted by molar-refractivity contribution is 9.10. The van der Waals surface area contributed by atoms with E-state index in [0.717, 1.165) is 10.0 Å². The summed E-state index contributed by atoms with van der Waals surface area (Å²) in [6, 6.07) is 3.79. The van der Waals surface area contributed by atoms with Gasteiger partial charge in [-0.2, -0.15) is 0 Å². The molecule has 1 heterocycles. The number of carboxylic acid groups (broad SMARTS) is 1. The van der Waals surface area contributed by atoms with Gasteiger partial charge in [0.2, 0.25) is 0 Å². The maximum absolute atomic E-state index is 11.1. The summed E-state index contributed by atoms with van der Waals surface area (Å²) in [4.78, 5) is 11.1. The van der Waals surface area contributed by atoms with E-state index in [1.807, 2.05) is 26.0 Å². The second-order valence-corrected chi connectivity index (χ2v) is 6.28. The van der Waals surface area contributed by atoms with Crippen molar-refractivity contribution in [1.29, 1.82) is 0 Å². The van der Waals surface area contributed by atoms with Gasteiger partial charge in [0.1, 0.15) is 0 Å². The number of aliphatic carboxylic acids is 1. The minimum Gasteiger partial charge on any atom is -0.493 e. The monoisotopic (exact) mass is 357 g/mol. The number of carboxylic acids is 1. The molecule has 0 spiro atoms. The first-order chi connectivity index (χ1) is 9.92. The molecule has 5 nitrogen and oxygen atoms in total. The number of hydrogen-bond donors (Lipinski definition) is 2. The van der Waals surface area contributed by atoms with Crippen molar-refractivity contribution in [3.05, 3.63) is 22.2 Å². The molecule has 0 amide bonds. The molecule has 1 fully saturated rings. The van der Waals surface area contributed by atoms with Crippen LogP contribution in [0, 0.1) is 5.92 Å². The Bertz CT molecular complexity index is 533. The van der Waals surface area contributed by atoms with Crippen molar-refractivity contribution in [2.24, 2.45) is 5.92 Å². The Morgan fingerprint density at radius 2 is 2.14 bits per heavy atom. The first kappa shape index (κ1) is 16.1. The normalized spacial score (nSPS) is 21.6. The van der Waals surface area contributed by atoms with Crippen molar-refractivity contribution < 1.29 is 19.4 Å². The summed E-state index contributed by atoms with van der Waals surface area (Å²) in [5.74, 6) is 0.228. The van der Waals surface area contributed by atoms with Gasteiger partial charge in [0.05, 0.1) is 19.1 Å². The predicted molar refractivity (Wildman–Crippen MR) is 82.9 cm³/mol. The lowest BCUT2D eigenvalue weighted by Crippen LogP contribution is -2.17. The average Bonchev–Trinajstić information content (AvgIpc) is 2.88. The number of benzene rings is 1. The van der Waals surface area contributed by atoms with Crippen LogP contribution in [-0.4, -0.2) is 30.8 Å². The summed E-state index contributed by atoms with van der Waals surface area (Å²) >= 11 is 3.54. The molecule has 1 aromatic carbocycles. The molecule has 0 bridgehead atoms. The quantitative estimate of drug-likeness (QED) is 0.847. The number of halogens is 1. The highest BCUT2D eigenvalue weighted by atomic mass is 79.9. The van der Waals surface area contributed by atoms with Crippen LogP contribution in [0.2, 0.25) is 0 Å². The van der Waals surface area contributed by atoms with E-state index in [9.17, 15) is 4.79 Å². The zero-order chi connectivity index (χ0) is 15.6. The standard InChI is InChI=1S/C15H20BrNO4/c1-8(2)21-14-6-11(16)10(5-13(14)20-3)12-4-9(7-17-12)15(18)19/h5-6,8-9,12,17H,4,7H2,1-3H3,(H,18,19). The van der Waals surface area contributed by atoms with Crippen LogP contribution >= 0.6 is 15.9 Å². The van der Waals surface area contributed by atoms with Gasteiger partial charge in [-0.3, -0.25) is 4.79 Å². The lowest BCUT2D eigenvalue weighted by molar-refractivity contribution is -0.141. The van der Waals surface area contributed by atoms with E-state index in [1.54, 1.807) is 7.11 Å². The van der Waals surface area contributed by atoms with Gasteiger partial charge in [-0.1, -0.05) is 15.9 Å². The van der Waals surface area contributed by atoms with Crippen molar-refractivity contribution in [2.75, 3.05) is 13.7 Å². The van der Waals surface area contributed by atoms with E-state index in [-0.39, 0.29) is 18.1 Å². The van der Waals surface area contributed by atoms with Gasteiger partial charge in [0.15, 0.2) is 11.5 Å². The van der Waals surface area contributed by atoms with Crippen molar-refractivity contribution in [2.45, 2.75) is 32.4 Å². The number of ether oxygens (including phenoxy) is 2. The summed E-state index contributed by atoms with van der Waals surface area (Å²) in [6.07, 6.45) is 0.624. The van der Waals surface area contributed by atoms with Gasteiger partial charge in [-0.05, 0) is 38.0 Å². The topological polar surface area (TPSA) is 67.8 Å². The summed E-state index contributed by atoms with van der Waals surface area (Å²) in [7, 11) is 1.60. The average molecular weight is 358 g/mol. The fraction of sp³-hybridized carbons (Fsp3) is 0.533. The molecule has 2 unspecified atom stereocenters. The maximum atomic E-state index is 11.1. The molecule has 21 heavy (non-hydrogen) atoms. The molecule has 1 aliphatic heterocycles. The van der Waals surface area contributed by atoms with E-state index < -0.39 is 5.97 Å². The van der Waals surface area contributed by atoms with Gasteiger partial charge in [-0.15, -0.1) is 0 Å². The van der Waals surface area contributed by atoms with Crippen molar-refractivity contribution in [1.82, 2.24) is 5.32 Å². The number of nitrogens with one attached hydrogen (secondary N) is 1. The lowest BCUT2D eigenvalue weighted by atomic mass is 10.00. The van der Waals surface area contributed by atoms with Crippen LogP contribution in [0.25, 0.3) is 0 Å². The van der Waals surface area contributed by atoms with Crippen molar-refractivity contribution >= 4 is 21.9 Å². The molecule has 0 aliphatic carbocycles. The van der Waals surface area contributed by atoms with Gasteiger partial charge in [0, 0.05) is 17.1 Å². The first-order valence-electron chi connectivity index (χ1n) is 6.92. The van der Waals surface area contributed by atoms with Crippen molar-refractivity contribution in [3.8, 4) is 11.5 Å². The van der Waals surface area contributed by atoms with Gasteiger partial charge in [0.25, 0.3) is 0 Å². The number of hydrogen-bond acceptors (Lipinski definition) is 4. The Labute approximate surface area is 132 Å². The van der Waals surface area contributed by atoms with Crippen LogP contribution in [0.5, 0.6) is 11.5 Å².